The molecular weight excluding hydrogens is 406 g/mol. The van der Waals surface area contributed by atoms with Gasteiger partial charge in [0.15, 0.2) is 5.96 Å². The van der Waals surface area contributed by atoms with E-state index in [1.54, 1.807) is 26.0 Å². The predicted octanol–water partition coefficient (Wildman–Crippen LogP) is 0.0991. The first-order valence-corrected chi connectivity index (χ1v) is 9.72. The van der Waals surface area contributed by atoms with Gasteiger partial charge in [0.05, 0.1) is 12.1 Å². The molecule has 0 aliphatic heterocycles. The Labute approximate surface area is 179 Å². The van der Waals surface area contributed by atoms with Crippen LogP contribution in [0.25, 0.3) is 0 Å². The molecule has 0 aromatic heterocycles. The highest BCUT2D eigenvalue weighted by Gasteiger charge is 2.29. The van der Waals surface area contributed by atoms with Crippen LogP contribution >= 0.6 is 0 Å². The average Bonchev–Trinajstić information content (AvgIpc) is 2.65. The predicted molar refractivity (Wildman–Crippen MR) is 113 cm³/mol. The van der Waals surface area contributed by atoms with Crippen molar-refractivity contribution in [3.63, 3.8) is 0 Å². The van der Waals surface area contributed by atoms with Crippen molar-refractivity contribution in [1.29, 1.82) is 0 Å². The van der Waals surface area contributed by atoms with Crippen LogP contribution in [0, 0.1) is 5.92 Å². The maximum absolute atomic E-state index is 12.4. The fourth-order valence-corrected chi connectivity index (χ4v) is 2.76. The van der Waals surface area contributed by atoms with Gasteiger partial charge < -0.3 is 32.3 Å². The zero-order valence-electron chi connectivity index (χ0n) is 17.5. The number of carbonyl (C=O) groups is 4. The first kappa shape index (κ1) is 25.4. The van der Waals surface area contributed by atoms with Crippen molar-refractivity contribution in [2.24, 2.45) is 22.4 Å². The summed E-state index contributed by atoms with van der Waals surface area (Å²) in [5.74, 6) is -4.36. The lowest BCUT2D eigenvalue weighted by atomic mass is 10.0. The summed E-state index contributed by atoms with van der Waals surface area (Å²) in [6, 6.07) is 4.54. The second-order valence-electron chi connectivity index (χ2n) is 7.34. The second-order valence-corrected chi connectivity index (χ2v) is 7.34. The maximum atomic E-state index is 12.4. The highest BCUT2D eigenvalue weighted by molar-refractivity contribution is 5.92. The van der Waals surface area contributed by atoms with Crippen molar-refractivity contribution in [3.05, 3.63) is 29.8 Å². The average molecular weight is 435 g/mol. The number of carbonyl (C=O) groups excluding carboxylic acids is 2. The topological polar surface area (TPSA) is 197 Å². The number of nitrogens with zero attached hydrogens (tertiary/aromatic N) is 1. The Kier molecular flexibility index (Phi) is 9.96. The highest BCUT2D eigenvalue weighted by atomic mass is 16.4. The van der Waals surface area contributed by atoms with Gasteiger partial charge in [-0.1, -0.05) is 26.0 Å². The number of rotatable bonds is 12. The molecule has 1 aromatic rings. The van der Waals surface area contributed by atoms with Crippen LogP contribution in [0.4, 0.5) is 5.69 Å². The highest BCUT2D eigenvalue weighted by Crippen LogP contribution is 2.14. The van der Waals surface area contributed by atoms with Crippen LogP contribution in [0.2, 0.25) is 0 Å². The lowest BCUT2D eigenvalue weighted by Gasteiger charge is -2.22. The third-order valence-electron chi connectivity index (χ3n) is 4.32. The normalized spacial score (nSPS) is 12.5. The van der Waals surface area contributed by atoms with E-state index in [4.69, 9.17) is 16.6 Å². The van der Waals surface area contributed by atoms with Crippen molar-refractivity contribution < 1.29 is 29.4 Å². The van der Waals surface area contributed by atoms with Crippen molar-refractivity contribution >= 4 is 35.4 Å². The number of hydrogen-bond donors (Lipinski definition) is 6. The molecule has 0 saturated carbocycles. The van der Waals surface area contributed by atoms with Gasteiger partial charge in [0.1, 0.15) is 12.1 Å². The van der Waals surface area contributed by atoms with Crippen LogP contribution in [-0.2, 0) is 25.6 Å². The molecule has 0 fully saturated rings. The number of amides is 2. The summed E-state index contributed by atoms with van der Waals surface area (Å²) < 4.78 is 0. The van der Waals surface area contributed by atoms with Gasteiger partial charge in [0.2, 0.25) is 11.8 Å². The third kappa shape index (κ3) is 9.61. The van der Waals surface area contributed by atoms with E-state index in [1.807, 2.05) is 12.1 Å². The number of nitrogens with one attached hydrogen (secondary N) is 2. The molecule has 2 atom stereocenters. The lowest BCUT2D eigenvalue weighted by Crippen LogP contribution is -2.53. The lowest BCUT2D eigenvalue weighted by molar-refractivity contribution is -0.144. The minimum absolute atomic E-state index is 0.0487. The van der Waals surface area contributed by atoms with E-state index < -0.39 is 48.2 Å². The van der Waals surface area contributed by atoms with E-state index in [9.17, 15) is 24.3 Å². The number of hydrogen-bond acceptors (Lipinski definition) is 5. The number of carboxylic acid groups (broad SMARTS) is 2. The Hall–Kier alpha value is -3.63. The van der Waals surface area contributed by atoms with E-state index in [1.165, 1.54) is 0 Å². The Morgan fingerprint density at radius 1 is 1.03 bits per heavy atom. The van der Waals surface area contributed by atoms with Gasteiger partial charge in [-0.2, -0.15) is 0 Å². The number of aryl methyl sites for hydroxylation is 1. The fraction of sp³-hybridized carbons (Fsp3) is 0.450. The summed E-state index contributed by atoms with van der Waals surface area (Å²) in [7, 11) is 0. The van der Waals surface area contributed by atoms with Crippen LogP contribution in [0.3, 0.4) is 0 Å². The van der Waals surface area contributed by atoms with Gasteiger partial charge in [0.25, 0.3) is 0 Å². The second kappa shape index (κ2) is 12.2. The van der Waals surface area contributed by atoms with E-state index >= 15 is 0 Å². The monoisotopic (exact) mass is 435 g/mol. The largest absolute Gasteiger partial charge is 0.481 e. The fourth-order valence-electron chi connectivity index (χ4n) is 2.76. The molecule has 0 spiro atoms. The van der Waals surface area contributed by atoms with Crippen molar-refractivity contribution in [3.8, 4) is 0 Å². The molecule has 0 saturated heterocycles. The van der Waals surface area contributed by atoms with E-state index in [2.05, 4.69) is 15.6 Å². The van der Waals surface area contributed by atoms with Gasteiger partial charge in [-0.3, -0.25) is 14.4 Å². The van der Waals surface area contributed by atoms with Crippen LogP contribution in [-0.4, -0.2) is 52.0 Å². The molecule has 1 aromatic carbocycles. The Balaban J connectivity index is 2.63. The van der Waals surface area contributed by atoms with Crippen LogP contribution in [0.1, 0.15) is 38.7 Å². The van der Waals surface area contributed by atoms with Gasteiger partial charge in [-0.25, -0.2) is 9.79 Å². The summed E-state index contributed by atoms with van der Waals surface area (Å²) >= 11 is 0. The van der Waals surface area contributed by atoms with E-state index in [-0.39, 0.29) is 12.4 Å². The third-order valence-corrected chi connectivity index (χ3v) is 4.32. The molecule has 11 heteroatoms. The molecule has 0 heterocycles. The number of carboxylic acids is 2. The standard InChI is InChI=1S/C20H29N5O6/c1-11(2)17(19(30)31)25-18(29)14(10-16(27)28)24-15(26)5-3-4-12-6-8-13(9-7-12)23-20(21)22/h6-9,11,14,17H,3-5,10H2,1-2H3,(H,24,26)(H,25,29)(H,27,28)(H,30,31)(H4,21,22,23)/t14-,17-/m0/s1. The number of aliphatic imine (C=N–C) groups is 1. The molecule has 0 aliphatic rings. The first-order valence-electron chi connectivity index (χ1n) is 9.72. The zero-order valence-corrected chi connectivity index (χ0v) is 17.5. The molecule has 0 aliphatic carbocycles. The Morgan fingerprint density at radius 3 is 2.13 bits per heavy atom. The SMILES string of the molecule is CC(C)[C@H](NC(=O)[C@H](CC(=O)O)NC(=O)CCCc1ccc(N=C(N)N)cc1)C(=O)O. The quantitative estimate of drug-likeness (QED) is 0.196. The van der Waals surface area contributed by atoms with E-state index in [0.717, 1.165) is 5.56 Å². The minimum atomic E-state index is -1.37. The molecule has 0 bridgehead atoms. The molecule has 2 amide bonds. The molecule has 31 heavy (non-hydrogen) atoms. The minimum Gasteiger partial charge on any atom is -0.481 e. The summed E-state index contributed by atoms with van der Waals surface area (Å²) in [6.45, 7) is 3.21. The van der Waals surface area contributed by atoms with E-state index in [0.29, 0.717) is 18.5 Å². The zero-order chi connectivity index (χ0) is 23.6. The number of benzene rings is 1. The van der Waals surface area contributed by atoms with Gasteiger partial charge >= 0.3 is 11.9 Å². The van der Waals surface area contributed by atoms with Crippen LogP contribution in [0.15, 0.2) is 29.3 Å². The van der Waals surface area contributed by atoms with Crippen LogP contribution in [0.5, 0.6) is 0 Å². The summed E-state index contributed by atoms with van der Waals surface area (Å²) in [4.78, 5) is 50.8. The van der Waals surface area contributed by atoms with Gasteiger partial charge in [0, 0.05) is 6.42 Å². The Morgan fingerprint density at radius 2 is 1.65 bits per heavy atom. The van der Waals surface area contributed by atoms with Crippen molar-refractivity contribution in [2.75, 3.05) is 0 Å². The first-order chi connectivity index (χ1) is 14.5. The number of aliphatic carboxylic acids is 2. The molecule has 8 N–H and O–H groups in total. The van der Waals surface area contributed by atoms with Gasteiger partial charge in [-0.15, -0.1) is 0 Å². The van der Waals surface area contributed by atoms with Gasteiger partial charge in [-0.05, 0) is 36.5 Å². The molecule has 1 rings (SSSR count). The van der Waals surface area contributed by atoms with Crippen molar-refractivity contribution in [1.82, 2.24) is 10.6 Å². The summed E-state index contributed by atoms with van der Waals surface area (Å²) in [5.41, 5.74) is 12.2. The molecule has 0 radical (unpaired) electrons. The van der Waals surface area contributed by atoms with Crippen LogP contribution < -0.4 is 22.1 Å². The summed E-state index contributed by atoms with van der Waals surface area (Å²) in [5, 5.41) is 22.9. The molecule has 0 unspecified atom stereocenters. The molecule has 170 valence electrons. The molecule has 11 nitrogen and oxygen atoms in total. The maximum Gasteiger partial charge on any atom is 0.326 e. The number of guanidine groups is 1. The Bertz CT molecular complexity index is 818. The molecular formula is C20H29N5O6. The summed E-state index contributed by atoms with van der Waals surface area (Å²) in [6.07, 6.45) is 0.429. The number of nitrogens with two attached hydrogens (primary N) is 2. The smallest absolute Gasteiger partial charge is 0.326 e. The van der Waals surface area contributed by atoms with Crippen molar-refractivity contribution in [2.45, 2.75) is 51.6 Å².